The first-order valence-electron chi connectivity index (χ1n) is 11.8. The van der Waals surface area contributed by atoms with Crippen LogP contribution in [0, 0.1) is 6.92 Å². The number of unbranched alkanes of at least 4 members (excludes halogenated alkanes) is 13. The molecule has 1 nitrogen and oxygen atoms in total. The summed E-state index contributed by atoms with van der Waals surface area (Å²) in [6.45, 7) is 8.74. The lowest BCUT2D eigenvalue weighted by Crippen LogP contribution is -2.29. The average molecular weight is 410 g/mol. The van der Waals surface area contributed by atoms with E-state index in [4.69, 9.17) is 5.73 Å². The van der Waals surface area contributed by atoms with Gasteiger partial charge in [0.2, 0.25) is 0 Å². The Bertz CT molecular complexity index is 490. The summed E-state index contributed by atoms with van der Waals surface area (Å²) in [6, 6.07) is 6.65. The third-order valence-corrected chi connectivity index (χ3v) is 5.94. The van der Waals surface area contributed by atoms with Crippen molar-refractivity contribution in [3.63, 3.8) is 0 Å². The van der Waals surface area contributed by atoms with Crippen molar-refractivity contribution in [3.05, 3.63) is 34.9 Å². The molecule has 0 aliphatic rings. The van der Waals surface area contributed by atoms with Crippen molar-refractivity contribution < 1.29 is 0 Å². The Morgan fingerprint density at radius 2 is 1.14 bits per heavy atom. The molecule has 2 N–H and O–H groups in total. The predicted molar refractivity (Wildman–Crippen MR) is 130 cm³/mol. The highest BCUT2D eigenvalue weighted by Crippen LogP contribution is 2.25. The molecule has 0 aliphatic heterocycles. The molecule has 0 saturated heterocycles. The second-order valence-electron chi connectivity index (χ2n) is 9.16. The Kier molecular flexibility index (Phi) is 16.0. The molecular weight excluding hydrogens is 362 g/mol. The molecule has 0 fully saturated rings. The van der Waals surface area contributed by atoms with Gasteiger partial charge in [0.25, 0.3) is 0 Å². The third-order valence-electron chi connectivity index (χ3n) is 5.94. The van der Waals surface area contributed by atoms with Gasteiger partial charge in [0.15, 0.2) is 0 Å². The van der Waals surface area contributed by atoms with Crippen molar-refractivity contribution >= 4 is 12.4 Å². The summed E-state index contributed by atoms with van der Waals surface area (Å²) >= 11 is 0. The molecule has 0 amide bonds. The summed E-state index contributed by atoms with van der Waals surface area (Å²) < 4.78 is 0. The van der Waals surface area contributed by atoms with E-state index in [9.17, 15) is 0 Å². The summed E-state index contributed by atoms with van der Waals surface area (Å²) in [5.41, 5.74) is 10.3. The van der Waals surface area contributed by atoms with Gasteiger partial charge < -0.3 is 5.73 Å². The van der Waals surface area contributed by atoms with Gasteiger partial charge in [0, 0.05) is 5.54 Å². The van der Waals surface area contributed by atoms with Gasteiger partial charge in [-0.2, -0.15) is 0 Å². The number of aryl methyl sites for hydroxylation is 1. The van der Waals surface area contributed by atoms with Crippen LogP contribution in [0.15, 0.2) is 18.2 Å². The predicted octanol–water partition coefficient (Wildman–Crippen LogP) is 8.63. The van der Waals surface area contributed by atoms with E-state index in [1.165, 1.54) is 113 Å². The van der Waals surface area contributed by atoms with Crippen molar-refractivity contribution in [2.75, 3.05) is 0 Å². The summed E-state index contributed by atoms with van der Waals surface area (Å²) in [5.74, 6) is 0. The molecular formula is C26H48ClN. The van der Waals surface area contributed by atoms with Crippen LogP contribution in [0.25, 0.3) is 0 Å². The Morgan fingerprint density at radius 3 is 1.57 bits per heavy atom. The summed E-state index contributed by atoms with van der Waals surface area (Å²) in [6.07, 6.45) is 21.1. The quantitative estimate of drug-likeness (QED) is 0.271. The molecule has 28 heavy (non-hydrogen) atoms. The summed E-state index contributed by atoms with van der Waals surface area (Å²) in [7, 11) is 0. The van der Waals surface area contributed by atoms with Gasteiger partial charge in [-0.25, -0.2) is 0 Å². The first-order chi connectivity index (χ1) is 13.0. The van der Waals surface area contributed by atoms with Crippen LogP contribution in [0.1, 0.15) is 127 Å². The number of hydrogen-bond donors (Lipinski definition) is 1. The Balaban J connectivity index is 0.00000729. The maximum Gasteiger partial charge on any atom is 0.0355 e. The van der Waals surface area contributed by atoms with Crippen LogP contribution in [0.4, 0.5) is 0 Å². The minimum Gasteiger partial charge on any atom is -0.322 e. The van der Waals surface area contributed by atoms with E-state index >= 15 is 0 Å². The fourth-order valence-corrected chi connectivity index (χ4v) is 4.16. The Morgan fingerprint density at radius 1 is 0.714 bits per heavy atom. The molecule has 1 aromatic carbocycles. The zero-order chi connectivity index (χ0) is 20.0. The van der Waals surface area contributed by atoms with Crippen molar-refractivity contribution in [2.45, 2.75) is 130 Å². The largest absolute Gasteiger partial charge is 0.322 e. The van der Waals surface area contributed by atoms with Gasteiger partial charge in [-0.05, 0) is 50.3 Å². The minimum absolute atomic E-state index is 0. The van der Waals surface area contributed by atoms with Crippen LogP contribution in [0.2, 0.25) is 0 Å². The number of rotatable bonds is 16. The highest BCUT2D eigenvalue weighted by molar-refractivity contribution is 5.85. The van der Waals surface area contributed by atoms with Gasteiger partial charge in [-0.3, -0.25) is 0 Å². The molecule has 0 unspecified atom stereocenters. The lowest BCUT2D eigenvalue weighted by atomic mass is 9.87. The SMILES string of the molecule is CCCCCCCCCCCCCCCCc1cccc(C(C)(C)N)c1C.Cl. The molecule has 0 aromatic heterocycles. The van der Waals surface area contributed by atoms with Crippen LogP contribution in [0.5, 0.6) is 0 Å². The molecule has 0 atom stereocenters. The van der Waals surface area contributed by atoms with Crippen molar-refractivity contribution in [1.29, 1.82) is 0 Å². The number of benzene rings is 1. The van der Waals surface area contributed by atoms with Crippen LogP contribution >= 0.6 is 12.4 Å². The fraction of sp³-hybridized carbons (Fsp3) is 0.769. The third kappa shape index (κ3) is 12.1. The average Bonchev–Trinajstić information content (AvgIpc) is 2.62. The van der Waals surface area contributed by atoms with Crippen LogP contribution in [0.3, 0.4) is 0 Å². The normalized spacial score (nSPS) is 11.5. The fourth-order valence-electron chi connectivity index (χ4n) is 4.16. The molecule has 0 bridgehead atoms. The second-order valence-corrected chi connectivity index (χ2v) is 9.16. The summed E-state index contributed by atoms with van der Waals surface area (Å²) in [4.78, 5) is 0. The topological polar surface area (TPSA) is 26.0 Å². The number of halogens is 1. The molecule has 164 valence electrons. The molecule has 0 saturated carbocycles. The van der Waals surface area contributed by atoms with E-state index in [0.717, 1.165) is 0 Å². The van der Waals surface area contributed by atoms with Gasteiger partial charge in [-0.1, -0.05) is 109 Å². The first-order valence-corrected chi connectivity index (χ1v) is 11.8. The van der Waals surface area contributed by atoms with Crippen LogP contribution in [-0.4, -0.2) is 0 Å². The van der Waals surface area contributed by atoms with Crippen molar-refractivity contribution in [1.82, 2.24) is 0 Å². The highest BCUT2D eigenvalue weighted by atomic mass is 35.5. The standard InChI is InChI=1S/C26H47N.ClH/c1-5-6-7-8-9-10-11-12-13-14-15-16-17-18-20-24-21-19-22-25(23(24)2)26(3,4)27;/h19,21-22H,5-18,20,27H2,1-4H3;1H. The molecule has 1 rings (SSSR count). The zero-order valence-electron chi connectivity index (χ0n) is 19.3. The monoisotopic (exact) mass is 409 g/mol. The lowest BCUT2D eigenvalue weighted by molar-refractivity contribution is 0.534. The summed E-state index contributed by atoms with van der Waals surface area (Å²) in [5, 5.41) is 0. The number of hydrogen-bond acceptors (Lipinski definition) is 1. The Labute approximate surface area is 182 Å². The lowest BCUT2D eigenvalue weighted by Gasteiger charge is -2.23. The minimum atomic E-state index is -0.240. The molecule has 2 heteroatoms. The van der Waals surface area contributed by atoms with E-state index in [1.807, 2.05) is 0 Å². The van der Waals surface area contributed by atoms with E-state index in [-0.39, 0.29) is 17.9 Å². The molecule has 0 heterocycles. The van der Waals surface area contributed by atoms with Crippen molar-refractivity contribution in [3.8, 4) is 0 Å². The van der Waals surface area contributed by atoms with E-state index < -0.39 is 0 Å². The molecule has 0 radical (unpaired) electrons. The molecule has 0 aliphatic carbocycles. The van der Waals surface area contributed by atoms with Gasteiger partial charge in [-0.15, -0.1) is 12.4 Å². The number of nitrogens with two attached hydrogens (primary N) is 1. The molecule has 1 aromatic rings. The maximum atomic E-state index is 6.31. The van der Waals surface area contributed by atoms with Crippen molar-refractivity contribution in [2.24, 2.45) is 5.73 Å². The first kappa shape index (κ1) is 27.5. The van der Waals surface area contributed by atoms with Gasteiger partial charge >= 0.3 is 0 Å². The second kappa shape index (κ2) is 16.3. The van der Waals surface area contributed by atoms with Crippen LogP contribution < -0.4 is 5.73 Å². The Hall–Kier alpha value is -0.530. The van der Waals surface area contributed by atoms with E-state index in [2.05, 4.69) is 45.9 Å². The highest BCUT2D eigenvalue weighted by Gasteiger charge is 2.17. The van der Waals surface area contributed by atoms with E-state index in [1.54, 1.807) is 0 Å². The molecule has 0 spiro atoms. The zero-order valence-corrected chi connectivity index (χ0v) is 20.1. The smallest absolute Gasteiger partial charge is 0.0355 e. The van der Waals surface area contributed by atoms with Gasteiger partial charge in [0.1, 0.15) is 0 Å². The van der Waals surface area contributed by atoms with Gasteiger partial charge in [0.05, 0.1) is 0 Å². The maximum absolute atomic E-state index is 6.31. The van der Waals surface area contributed by atoms with E-state index in [0.29, 0.717) is 0 Å². The van der Waals surface area contributed by atoms with Crippen LogP contribution in [-0.2, 0) is 12.0 Å².